The number of aryl methyl sites for hydroxylation is 1. The highest BCUT2D eigenvalue weighted by Crippen LogP contribution is 2.33. The first-order valence-corrected chi connectivity index (χ1v) is 6.62. The van der Waals surface area contributed by atoms with Gasteiger partial charge in [-0.3, -0.25) is 0 Å². The summed E-state index contributed by atoms with van der Waals surface area (Å²) < 4.78 is 1.71. The van der Waals surface area contributed by atoms with Crippen LogP contribution in [-0.2, 0) is 0 Å². The zero-order valence-corrected chi connectivity index (χ0v) is 11.4. The maximum atomic E-state index is 10.0. The maximum absolute atomic E-state index is 10.0. The van der Waals surface area contributed by atoms with Gasteiger partial charge in [-0.25, -0.2) is 4.98 Å². The molecule has 0 amide bonds. The van der Waals surface area contributed by atoms with E-state index in [1.165, 1.54) is 6.33 Å². The third kappa shape index (κ3) is 1.74. The SMILES string of the molecule is Cc1cc(-c2ccc(O)c3ccccc23)n2ncnc2n1. The first-order valence-electron chi connectivity index (χ1n) is 6.62. The summed E-state index contributed by atoms with van der Waals surface area (Å²) in [6.07, 6.45) is 1.49. The molecule has 0 saturated carbocycles. The minimum atomic E-state index is 0.273. The van der Waals surface area contributed by atoms with Crippen LogP contribution in [0, 0.1) is 6.92 Å². The summed E-state index contributed by atoms with van der Waals surface area (Å²) in [5, 5.41) is 16.1. The van der Waals surface area contributed by atoms with Gasteiger partial charge >= 0.3 is 0 Å². The third-order valence-corrected chi connectivity index (χ3v) is 3.56. The Morgan fingerprint density at radius 2 is 1.86 bits per heavy atom. The number of fused-ring (bicyclic) bond motifs is 2. The lowest BCUT2D eigenvalue weighted by molar-refractivity contribution is 0.481. The first kappa shape index (κ1) is 11.8. The Morgan fingerprint density at radius 3 is 2.71 bits per heavy atom. The molecule has 2 heterocycles. The molecule has 0 aliphatic carbocycles. The number of nitrogens with zero attached hydrogens (tertiary/aromatic N) is 4. The quantitative estimate of drug-likeness (QED) is 0.580. The second-order valence-electron chi connectivity index (χ2n) is 4.93. The predicted molar refractivity (Wildman–Crippen MR) is 80.1 cm³/mol. The molecule has 21 heavy (non-hydrogen) atoms. The minimum Gasteiger partial charge on any atom is -0.507 e. The molecule has 4 aromatic rings. The van der Waals surface area contributed by atoms with Crippen molar-refractivity contribution in [2.24, 2.45) is 0 Å². The van der Waals surface area contributed by atoms with E-state index in [1.54, 1.807) is 10.6 Å². The van der Waals surface area contributed by atoms with E-state index >= 15 is 0 Å². The highest BCUT2D eigenvalue weighted by Gasteiger charge is 2.12. The van der Waals surface area contributed by atoms with Crippen molar-refractivity contribution in [3.8, 4) is 17.0 Å². The van der Waals surface area contributed by atoms with Crippen LogP contribution in [0.25, 0.3) is 27.8 Å². The van der Waals surface area contributed by atoms with Gasteiger partial charge in [-0.15, -0.1) is 0 Å². The summed E-state index contributed by atoms with van der Waals surface area (Å²) >= 11 is 0. The van der Waals surface area contributed by atoms with E-state index in [0.717, 1.165) is 27.7 Å². The van der Waals surface area contributed by atoms with Crippen molar-refractivity contribution >= 4 is 16.6 Å². The fourth-order valence-electron chi connectivity index (χ4n) is 2.63. The first-order chi connectivity index (χ1) is 10.2. The lowest BCUT2D eigenvalue weighted by Gasteiger charge is -2.10. The van der Waals surface area contributed by atoms with Crippen molar-refractivity contribution in [1.82, 2.24) is 19.6 Å². The number of phenolic OH excluding ortho intramolecular Hbond substituents is 1. The molecule has 4 rings (SSSR count). The summed E-state index contributed by atoms with van der Waals surface area (Å²) in [4.78, 5) is 8.51. The van der Waals surface area contributed by atoms with Gasteiger partial charge in [-0.1, -0.05) is 24.3 Å². The van der Waals surface area contributed by atoms with Crippen LogP contribution in [0.15, 0.2) is 48.8 Å². The van der Waals surface area contributed by atoms with Crippen LogP contribution in [0.4, 0.5) is 0 Å². The van der Waals surface area contributed by atoms with Gasteiger partial charge in [0.2, 0.25) is 0 Å². The highest BCUT2D eigenvalue weighted by molar-refractivity contribution is 5.99. The van der Waals surface area contributed by atoms with E-state index in [0.29, 0.717) is 5.78 Å². The molecule has 5 heteroatoms. The summed E-state index contributed by atoms with van der Waals surface area (Å²) in [7, 11) is 0. The van der Waals surface area contributed by atoms with E-state index in [1.807, 2.05) is 43.3 Å². The number of aromatic nitrogens is 4. The van der Waals surface area contributed by atoms with E-state index in [9.17, 15) is 5.11 Å². The lowest BCUT2D eigenvalue weighted by atomic mass is 10.0. The van der Waals surface area contributed by atoms with Crippen LogP contribution in [0.2, 0.25) is 0 Å². The van der Waals surface area contributed by atoms with Gasteiger partial charge in [-0.2, -0.15) is 14.6 Å². The molecule has 0 unspecified atom stereocenters. The zero-order valence-electron chi connectivity index (χ0n) is 11.4. The summed E-state index contributed by atoms with van der Waals surface area (Å²) in [5.74, 6) is 0.845. The molecular formula is C16H12N4O. The molecule has 0 bridgehead atoms. The van der Waals surface area contributed by atoms with E-state index < -0.39 is 0 Å². The Labute approximate surface area is 120 Å². The fraction of sp³-hybridized carbons (Fsp3) is 0.0625. The number of hydrogen-bond donors (Lipinski definition) is 1. The molecule has 2 aromatic carbocycles. The zero-order chi connectivity index (χ0) is 14.4. The molecule has 102 valence electrons. The normalized spacial score (nSPS) is 11.3. The molecule has 0 saturated heterocycles. The molecule has 0 spiro atoms. The number of phenols is 1. The molecule has 2 aromatic heterocycles. The van der Waals surface area contributed by atoms with Gasteiger partial charge < -0.3 is 5.11 Å². The second kappa shape index (κ2) is 4.28. The maximum Gasteiger partial charge on any atom is 0.252 e. The van der Waals surface area contributed by atoms with Crippen molar-refractivity contribution in [1.29, 1.82) is 0 Å². The average Bonchev–Trinajstić information content (AvgIpc) is 2.95. The predicted octanol–water partition coefficient (Wildman–Crippen LogP) is 2.96. The Kier molecular flexibility index (Phi) is 2.41. The average molecular weight is 276 g/mol. The fourth-order valence-corrected chi connectivity index (χ4v) is 2.63. The Bertz CT molecular complexity index is 975. The van der Waals surface area contributed by atoms with Crippen LogP contribution in [0.5, 0.6) is 5.75 Å². The molecule has 0 aliphatic heterocycles. The van der Waals surface area contributed by atoms with Crippen LogP contribution in [0.3, 0.4) is 0 Å². The number of aromatic hydroxyl groups is 1. The van der Waals surface area contributed by atoms with Crippen LogP contribution in [-0.4, -0.2) is 24.7 Å². The van der Waals surface area contributed by atoms with Gasteiger partial charge in [0.1, 0.15) is 12.1 Å². The van der Waals surface area contributed by atoms with Gasteiger partial charge in [0.05, 0.1) is 5.69 Å². The van der Waals surface area contributed by atoms with Gasteiger partial charge in [0.15, 0.2) is 0 Å². The lowest BCUT2D eigenvalue weighted by Crippen LogP contribution is -1.99. The standard InChI is InChI=1S/C16H12N4O/c1-10-8-14(20-16(19-10)17-9-18-20)12-6-7-15(21)13-5-3-2-4-11(12)13/h2-9,21H,1H3. The molecule has 0 fully saturated rings. The molecule has 0 radical (unpaired) electrons. The largest absolute Gasteiger partial charge is 0.507 e. The van der Waals surface area contributed by atoms with Crippen LogP contribution in [0.1, 0.15) is 5.69 Å². The van der Waals surface area contributed by atoms with Crippen molar-refractivity contribution in [2.75, 3.05) is 0 Å². The Morgan fingerprint density at radius 1 is 1.05 bits per heavy atom. The van der Waals surface area contributed by atoms with Crippen molar-refractivity contribution in [3.05, 3.63) is 54.5 Å². The number of benzene rings is 2. The Balaban J connectivity index is 2.14. The number of rotatable bonds is 1. The van der Waals surface area contributed by atoms with Gasteiger partial charge in [0.25, 0.3) is 5.78 Å². The van der Waals surface area contributed by atoms with Crippen LogP contribution < -0.4 is 0 Å². The summed E-state index contributed by atoms with van der Waals surface area (Å²) in [6.45, 7) is 1.93. The Hall–Kier alpha value is -2.95. The van der Waals surface area contributed by atoms with Crippen molar-refractivity contribution in [3.63, 3.8) is 0 Å². The summed E-state index contributed by atoms with van der Waals surface area (Å²) in [5.41, 5.74) is 2.78. The molecule has 5 nitrogen and oxygen atoms in total. The second-order valence-corrected chi connectivity index (χ2v) is 4.93. The number of hydrogen-bond acceptors (Lipinski definition) is 4. The molecule has 0 aliphatic rings. The molecular weight excluding hydrogens is 264 g/mol. The summed E-state index contributed by atoms with van der Waals surface area (Å²) in [6, 6.07) is 13.3. The van der Waals surface area contributed by atoms with Gasteiger partial charge in [-0.05, 0) is 30.5 Å². The van der Waals surface area contributed by atoms with Gasteiger partial charge in [0, 0.05) is 16.6 Å². The highest BCUT2D eigenvalue weighted by atomic mass is 16.3. The molecule has 0 atom stereocenters. The topological polar surface area (TPSA) is 63.3 Å². The minimum absolute atomic E-state index is 0.273. The van der Waals surface area contributed by atoms with Crippen LogP contribution >= 0.6 is 0 Å². The van der Waals surface area contributed by atoms with E-state index in [2.05, 4.69) is 15.1 Å². The third-order valence-electron chi connectivity index (χ3n) is 3.56. The van der Waals surface area contributed by atoms with Crippen molar-refractivity contribution < 1.29 is 5.11 Å². The van der Waals surface area contributed by atoms with Crippen molar-refractivity contribution in [2.45, 2.75) is 6.92 Å². The smallest absolute Gasteiger partial charge is 0.252 e. The van der Waals surface area contributed by atoms with E-state index in [-0.39, 0.29) is 5.75 Å². The van der Waals surface area contributed by atoms with E-state index in [4.69, 9.17) is 0 Å². The monoisotopic (exact) mass is 276 g/mol. The molecule has 1 N–H and O–H groups in total.